The Hall–Kier alpha value is -0.780. The third kappa shape index (κ3) is 5.01. The number of piperidine rings is 1. The monoisotopic (exact) mass is 225 g/mol. The molecule has 2 unspecified atom stereocenters. The molecule has 88 valence electrons. The molecule has 0 amide bonds. The first-order valence-corrected chi connectivity index (χ1v) is 4.89. The largest absolute Gasteiger partial charge is 0.481 e. The van der Waals surface area contributed by atoms with Crippen LogP contribution < -0.4 is 5.32 Å². The fourth-order valence-electron chi connectivity index (χ4n) is 1.96. The zero-order valence-corrected chi connectivity index (χ0v) is 8.18. The van der Waals surface area contributed by atoms with Gasteiger partial charge in [-0.05, 0) is 25.3 Å². The predicted octanol–water partition coefficient (Wildman–Crippen LogP) is 1.78. The summed E-state index contributed by atoms with van der Waals surface area (Å²) in [6, 6.07) is -0.622. The summed E-state index contributed by atoms with van der Waals surface area (Å²) in [6.45, 7) is 0.471. The van der Waals surface area contributed by atoms with E-state index in [1.54, 1.807) is 0 Å². The number of carboxylic acid groups (broad SMARTS) is 1. The van der Waals surface area contributed by atoms with Gasteiger partial charge in [-0.2, -0.15) is 13.2 Å². The second kappa shape index (κ2) is 4.83. The molecule has 6 heteroatoms. The summed E-state index contributed by atoms with van der Waals surface area (Å²) in [5.41, 5.74) is 0. The van der Waals surface area contributed by atoms with Crippen molar-refractivity contribution in [1.82, 2.24) is 5.32 Å². The summed E-state index contributed by atoms with van der Waals surface area (Å²) >= 11 is 0. The third-order valence-electron chi connectivity index (χ3n) is 2.54. The molecule has 0 bridgehead atoms. The maximum Gasteiger partial charge on any atom is 0.390 e. The quantitative estimate of drug-likeness (QED) is 0.769. The lowest BCUT2D eigenvalue weighted by molar-refractivity contribution is -0.143. The molecule has 0 spiro atoms. The molecule has 0 radical (unpaired) electrons. The van der Waals surface area contributed by atoms with Crippen molar-refractivity contribution in [2.24, 2.45) is 5.92 Å². The minimum atomic E-state index is -4.18. The summed E-state index contributed by atoms with van der Waals surface area (Å²) in [5.74, 6) is -1.07. The average molecular weight is 225 g/mol. The Labute approximate surface area is 85.7 Å². The molecule has 0 aromatic heterocycles. The van der Waals surface area contributed by atoms with Crippen molar-refractivity contribution in [2.75, 3.05) is 6.54 Å². The molecule has 15 heavy (non-hydrogen) atoms. The zero-order valence-electron chi connectivity index (χ0n) is 8.18. The average Bonchev–Trinajstić information content (AvgIpc) is 1.99. The molecule has 1 fully saturated rings. The highest BCUT2D eigenvalue weighted by atomic mass is 19.4. The lowest BCUT2D eigenvalue weighted by Crippen LogP contribution is -2.41. The van der Waals surface area contributed by atoms with Gasteiger partial charge in [-0.15, -0.1) is 0 Å². The lowest BCUT2D eigenvalue weighted by atomic mass is 9.88. The molecule has 2 atom stereocenters. The van der Waals surface area contributed by atoms with E-state index in [9.17, 15) is 18.0 Å². The highest BCUT2D eigenvalue weighted by molar-refractivity contribution is 5.67. The van der Waals surface area contributed by atoms with Crippen molar-refractivity contribution < 1.29 is 23.1 Å². The van der Waals surface area contributed by atoms with Gasteiger partial charge >= 0.3 is 12.1 Å². The van der Waals surface area contributed by atoms with Crippen LogP contribution in [0.3, 0.4) is 0 Å². The maximum atomic E-state index is 12.1. The van der Waals surface area contributed by atoms with Crippen LogP contribution in [-0.4, -0.2) is 29.8 Å². The second-order valence-corrected chi connectivity index (χ2v) is 3.96. The lowest BCUT2D eigenvalue weighted by Gasteiger charge is -2.30. The van der Waals surface area contributed by atoms with Crippen molar-refractivity contribution in [2.45, 2.75) is 37.9 Å². The van der Waals surface area contributed by atoms with Gasteiger partial charge < -0.3 is 10.4 Å². The Kier molecular flexibility index (Phi) is 3.96. The summed E-state index contributed by atoms with van der Waals surface area (Å²) in [7, 11) is 0. The van der Waals surface area contributed by atoms with Crippen LogP contribution >= 0.6 is 0 Å². The van der Waals surface area contributed by atoms with Gasteiger partial charge in [0.15, 0.2) is 0 Å². The molecular formula is C9H14F3NO2. The van der Waals surface area contributed by atoms with Gasteiger partial charge in [0.1, 0.15) is 0 Å². The predicted molar refractivity (Wildman–Crippen MR) is 47.4 cm³/mol. The van der Waals surface area contributed by atoms with Gasteiger partial charge in [0, 0.05) is 12.5 Å². The standard InChI is InChI=1S/C9H14F3NO2/c10-9(11,12)5-7-3-6(1-2-13-7)4-8(14)15/h6-7,13H,1-5H2,(H,14,15). The molecule has 1 rings (SSSR count). The first-order chi connectivity index (χ1) is 6.87. The third-order valence-corrected chi connectivity index (χ3v) is 2.54. The van der Waals surface area contributed by atoms with Crippen molar-refractivity contribution in [3.05, 3.63) is 0 Å². The number of hydrogen-bond donors (Lipinski definition) is 2. The molecule has 3 nitrogen and oxygen atoms in total. The van der Waals surface area contributed by atoms with Crippen molar-refractivity contribution in [3.8, 4) is 0 Å². The van der Waals surface area contributed by atoms with Crippen molar-refractivity contribution in [1.29, 1.82) is 0 Å². The van der Waals surface area contributed by atoms with Crippen LogP contribution in [0.4, 0.5) is 13.2 Å². The number of aliphatic carboxylic acids is 1. The SMILES string of the molecule is O=C(O)CC1CCNC(CC(F)(F)F)C1. The van der Waals surface area contributed by atoms with Crippen LogP contribution in [0.1, 0.15) is 25.7 Å². The topological polar surface area (TPSA) is 49.3 Å². The summed E-state index contributed by atoms with van der Waals surface area (Å²) in [6.07, 6.45) is -4.14. The fourth-order valence-corrected chi connectivity index (χ4v) is 1.96. The smallest absolute Gasteiger partial charge is 0.390 e. The zero-order chi connectivity index (χ0) is 11.5. The molecule has 1 aliphatic heterocycles. The molecular weight excluding hydrogens is 211 g/mol. The van der Waals surface area contributed by atoms with E-state index in [2.05, 4.69) is 5.32 Å². The molecule has 2 N–H and O–H groups in total. The van der Waals surface area contributed by atoms with Crippen LogP contribution in [-0.2, 0) is 4.79 Å². The second-order valence-electron chi connectivity index (χ2n) is 3.96. The summed E-state index contributed by atoms with van der Waals surface area (Å²) in [5, 5.41) is 11.3. The van der Waals surface area contributed by atoms with E-state index in [1.807, 2.05) is 0 Å². The first kappa shape index (κ1) is 12.3. The van der Waals surface area contributed by atoms with E-state index < -0.39 is 24.6 Å². The van der Waals surface area contributed by atoms with Crippen LogP contribution in [0, 0.1) is 5.92 Å². The van der Waals surface area contributed by atoms with E-state index >= 15 is 0 Å². The molecule has 0 aromatic rings. The van der Waals surface area contributed by atoms with Gasteiger partial charge in [0.25, 0.3) is 0 Å². The van der Waals surface area contributed by atoms with Gasteiger partial charge in [-0.25, -0.2) is 0 Å². The first-order valence-electron chi connectivity index (χ1n) is 4.89. The van der Waals surface area contributed by atoms with Crippen LogP contribution in [0.2, 0.25) is 0 Å². The summed E-state index contributed by atoms with van der Waals surface area (Å²) in [4.78, 5) is 10.4. The minimum Gasteiger partial charge on any atom is -0.481 e. The van der Waals surface area contributed by atoms with Crippen molar-refractivity contribution >= 4 is 5.97 Å². The van der Waals surface area contributed by atoms with Crippen LogP contribution in [0.15, 0.2) is 0 Å². The number of alkyl halides is 3. The van der Waals surface area contributed by atoms with E-state index in [4.69, 9.17) is 5.11 Å². The van der Waals surface area contributed by atoms with Gasteiger partial charge in [0.2, 0.25) is 0 Å². The van der Waals surface area contributed by atoms with E-state index in [1.165, 1.54) is 0 Å². The Bertz CT molecular complexity index is 230. The van der Waals surface area contributed by atoms with Crippen LogP contribution in [0.5, 0.6) is 0 Å². The van der Waals surface area contributed by atoms with E-state index in [0.29, 0.717) is 19.4 Å². The number of hydrogen-bond acceptors (Lipinski definition) is 2. The molecule has 0 aliphatic carbocycles. The Morgan fingerprint density at radius 1 is 1.47 bits per heavy atom. The molecule has 1 heterocycles. The normalized spacial score (nSPS) is 27.7. The minimum absolute atomic E-state index is 0.0317. The number of rotatable bonds is 3. The van der Waals surface area contributed by atoms with Gasteiger partial charge in [-0.3, -0.25) is 4.79 Å². The van der Waals surface area contributed by atoms with Gasteiger partial charge in [-0.1, -0.05) is 0 Å². The fraction of sp³-hybridized carbons (Fsp3) is 0.889. The number of halogens is 3. The van der Waals surface area contributed by atoms with Crippen molar-refractivity contribution in [3.63, 3.8) is 0 Å². The highest BCUT2D eigenvalue weighted by Gasteiger charge is 2.34. The molecule has 1 aliphatic rings. The Morgan fingerprint density at radius 3 is 2.67 bits per heavy atom. The Balaban J connectivity index is 2.38. The van der Waals surface area contributed by atoms with E-state index in [0.717, 1.165) is 0 Å². The number of carboxylic acids is 1. The molecule has 0 saturated carbocycles. The van der Waals surface area contributed by atoms with E-state index in [-0.39, 0.29) is 12.3 Å². The number of nitrogens with one attached hydrogen (secondary N) is 1. The Morgan fingerprint density at radius 2 is 2.13 bits per heavy atom. The molecule has 1 saturated heterocycles. The highest BCUT2D eigenvalue weighted by Crippen LogP contribution is 2.28. The number of carbonyl (C=O) groups is 1. The van der Waals surface area contributed by atoms with Crippen LogP contribution in [0.25, 0.3) is 0 Å². The maximum absolute atomic E-state index is 12.1. The van der Waals surface area contributed by atoms with Gasteiger partial charge in [0.05, 0.1) is 6.42 Å². The molecule has 0 aromatic carbocycles. The summed E-state index contributed by atoms with van der Waals surface area (Å²) < 4.78 is 36.2.